The van der Waals surface area contributed by atoms with Gasteiger partial charge in [-0.3, -0.25) is 0 Å². The highest BCUT2D eigenvalue weighted by molar-refractivity contribution is 6.30. The van der Waals surface area contributed by atoms with Crippen LogP contribution in [-0.2, 0) is 0 Å². The molecule has 0 amide bonds. The Bertz CT molecular complexity index is 739. The van der Waals surface area contributed by atoms with Crippen LogP contribution in [0.1, 0.15) is 38.8 Å². The van der Waals surface area contributed by atoms with E-state index in [0.29, 0.717) is 0 Å². The Balaban J connectivity index is 2.22. The highest BCUT2D eigenvalue weighted by atomic mass is 35.5. The number of allylic oxidation sites excluding steroid dienone is 1. The SMILES string of the molecule is CC1(C)C(=C=C(c2ccccc2)c2ccc(Cl)cc2)C1(C)C. The zero-order chi connectivity index (χ0) is 16.0. The van der Waals surface area contributed by atoms with Crippen molar-refractivity contribution in [2.24, 2.45) is 10.8 Å². The second-order valence-corrected chi connectivity index (χ2v) is 7.43. The lowest BCUT2D eigenvalue weighted by Crippen LogP contribution is -1.95. The molecule has 0 unspecified atom stereocenters. The van der Waals surface area contributed by atoms with Crippen LogP contribution in [0, 0.1) is 10.8 Å². The van der Waals surface area contributed by atoms with Crippen molar-refractivity contribution < 1.29 is 0 Å². The first-order valence-electron chi connectivity index (χ1n) is 7.67. The molecule has 1 aliphatic rings. The van der Waals surface area contributed by atoms with Gasteiger partial charge in [0.05, 0.1) is 0 Å². The fourth-order valence-electron chi connectivity index (χ4n) is 3.00. The van der Waals surface area contributed by atoms with Crippen molar-refractivity contribution in [2.45, 2.75) is 27.7 Å². The van der Waals surface area contributed by atoms with Crippen LogP contribution in [0.5, 0.6) is 0 Å². The summed E-state index contributed by atoms with van der Waals surface area (Å²) < 4.78 is 0. The predicted octanol–water partition coefficient (Wildman–Crippen LogP) is 6.36. The first-order chi connectivity index (χ1) is 10.3. The monoisotopic (exact) mass is 308 g/mol. The molecule has 1 aliphatic carbocycles. The molecular formula is C21H21Cl. The van der Waals surface area contributed by atoms with Gasteiger partial charge in [-0.1, -0.05) is 81.8 Å². The van der Waals surface area contributed by atoms with E-state index >= 15 is 0 Å². The Morgan fingerprint density at radius 2 is 1.27 bits per heavy atom. The van der Waals surface area contributed by atoms with Crippen LogP contribution in [0.4, 0.5) is 0 Å². The summed E-state index contributed by atoms with van der Waals surface area (Å²) in [7, 11) is 0. The van der Waals surface area contributed by atoms with Gasteiger partial charge in [0, 0.05) is 21.4 Å². The second-order valence-electron chi connectivity index (χ2n) is 7.00. The molecule has 0 bridgehead atoms. The Kier molecular flexibility index (Phi) is 3.56. The smallest absolute Gasteiger partial charge is 0.0406 e. The van der Waals surface area contributed by atoms with E-state index in [1.165, 1.54) is 11.1 Å². The summed E-state index contributed by atoms with van der Waals surface area (Å²) in [6, 6.07) is 18.5. The molecule has 1 fully saturated rings. The topological polar surface area (TPSA) is 0 Å². The molecule has 0 saturated heterocycles. The van der Waals surface area contributed by atoms with E-state index in [0.717, 1.165) is 16.2 Å². The van der Waals surface area contributed by atoms with Gasteiger partial charge in [0.1, 0.15) is 0 Å². The maximum Gasteiger partial charge on any atom is 0.0406 e. The zero-order valence-corrected chi connectivity index (χ0v) is 14.3. The molecule has 0 N–H and O–H groups in total. The van der Waals surface area contributed by atoms with Crippen LogP contribution in [0.3, 0.4) is 0 Å². The van der Waals surface area contributed by atoms with Crippen LogP contribution in [-0.4, -0.2) is 0 Å². The van der Waals surface area contributed by atoms with E-state index in [2.05, 4.69) is 69.8 Å². The Labute approximate surface area is 138 Å². The number of hydrogen-bond donors (Lipinski definition) is 0. The van der Waals surface area contributed by atoms with Crippen molar-refractivity contribution in [1.29, 1.82) is 0 Å². The summed E-state index contributed by atoms with van der Waals surface area (Å²) >= 11 is 6.04. The molecule has 3 rings (SSSR count). The quantitative estimate of drug-likeness (QED) is 0.566. The molecule has 0 radical (unpaired) electrons. The summed E-state index contributed by atoms with van der Waals surface area (Å²) in [5.74, 6) is 0. The van der Waals surface area contributed by atoms with Gasteiger partial charge in [0.25, 0.3) is 0 Å². The molecule has 1 saturated carbocycles. The van der Waals surface area contributed by atoms with Crippen LogP contribution >= 0.6 is 11.6 Å². The van der Waals surface area contributed by atoms with Crippen LogP contribution in [0.25, 0.3) is 5.57 Å². The number of halogens is 1. The molecule has 0 aliphatic heterocycles. The molecule has 1 heteroatoms. The van der Waals surface area contributed by atoms with E-state index in [9.17, 15) is 0 Å². The molecule has 2 aromatic carbocycles. The first kappa shape index (κ1) is 15.2. The molecule has 2 aromatic rings. The van der Waals surface area contributed by atoms with Crippen LogP contribution in [0.15, 0.2) is 65.9 Å². The molecule has 0 aromatic heterocycles. The summed E-state index contributed by atoms with van der Waals surface area (Å²) in [6.07, 6.45) is 0. The van der Waals surface area contributed by atoms with Crippen molar-refractivity contribution in [2.75, 3.05) is 0 Å². The third kappa shape index (κ3) is 2.43. The molecule has 0 heterocycles. The standard InChI is InChI=1S/C21H21Cl/c1-20(2)19(21(20,3)4)14-18(15-8-6-5-7-9-15)16-10-12-17(22)13-11-16/h5-13H,1-4H3. The van der Waals surface area contributed by atoms with Crippen LogP contribution in [0.2, 0.25) is 5.02 Å². The summed E-state index contributed by atoms with van der Waals surface area (Å²) in [5, 5.41) is 0.760. The lowest BCUT2D eigenvalue weighted by molar-refractivity contribution is 0.457. The third-order valence-corrected chi connectivity index (χ3v) is 5.45. The highest BCUT2D eigenvalue weighted by Gasteiger charge is 2.60. The molecule has 22 heavy (non-hydrogen) atoms. The molecule has 0 nitrogen and oxygen atoms in total. The van der Waals surface area contributed by atoms with Crippen molar-refractivity contribution in [3.8, 4) is 0 Å². The largest absolute Gasteiger partial charge is 0.111 e. The zero-order valence-electron chi connectivity index (χ0n) is 13.6. The van der Waals surface area contributed by atoms with Gasteiger partial charge in [0.2, 0.25) is 0 Å². The number of benzene rings is 2. The van der Waals surface area contributed by atoms with Crippen molar-refractivity contribution in [1.82, 2.24) is 0 Å². The Hall–Kier alpha value is -1.75. The van der Waals surface area contributed by atoms with Crippen molar-refractivity contribution in [3.05, 3.63) is 82.1 Å². The van der Waals surface area contributed by atoms with E-state index in [-0.39, 0.29) is 10.8 Å². The van der Waals surface area contributed by atoms with E-state index in [1.807, 2.05) is 18.2 Å². The van der Waals surface area contributed by atoms with Crippen LogP contribution < -0.4 is 0 Å². The average Bonchev–Trinajstić information content (AvgIpc) is 2.88. The molecular weight excluding hydrogens is 288 g/mol. The van der Waals surface area contributed by atoms with Gasteiger partial charge in [-0.15, -0.1) is 5.73 Å². The minimum Gasteiger partial charge on any atom is -0.111 e. The van der Waals surface area contributed by atoms with Gasteiger partial charge < -0.3 is 0 Å². The van der Waals surface area contributed by atoms with Crippen molar-refractivity contribution in [3.63, 3.8) is 0 Å². The summed E-state index contributed by atoms with van der Waals surface area (Å²) in [5.41, 5.74) is 9.00. The van der Waals surface area contributed by atoms with Gasteiger partial charge in [-0.05, 0) is 28.8 Å². The summed E-state index contributed by atoms with van der Waals surface area (Å²) in [4.78, 5) is 0. The third-order valence-electron chi connectivity index (χ3n) is 5.20. The fraction of sp³-hybridized carbons (Fsp3) is 0.286. The first-order valence-corrected chi connectivity index (χ1v) is 8.05. The number of rotatable bonds is 2. The van der Waals surface area contributed by atoms with E-state index in [1.54, 1.807) is 0 Å². The lowest BCUT2D eigenvalue weighted by Gasteiger charge is -2.06. The maximum atomic E-state index is 6.04. The van der Waals surface area contributed by atoms with Crippen molar-refractivity contribution >= 4 is 17.2 Å². The van der Waals surface area contributed by atoms with E-state index < -0.39 is 0 Å². The molecule has 112 valence electrons. The molecule has 0 spiro atoms. The highest BCUT2D eigenvalue weighted by Crippen LogP contribution is 2.67. The fourth-order valence-corrected chi connectivity index (χ4v) is 3.13. The predicted molar refractivity (Wildman–Crippen MR) is 95.0 cm³/mol. The second kappa shape index (κ2) is 5.16. The molecule has 0 atom stereocenters. The van der Waals surface area contributed by atoms with Gasteiger partial charge in [-0.25, -0.2) is 0 Å². The Morgan fingerprint density at radius 3 is 1.77 bits per heavy atom. The number of hydrogen-bond acceptors (Lipinski definition) is 0. The van der Waals surface area contributed by atoms with Gasteiger partial charge >= 0.3 is 0 Å². The average molecular weight is 309 g/mol. The van der Waals surface area contributed by atoms with Gasteiger partial charge in [-0.2, -0.15) is 0 Å². The van der Waals surface area contributed by atoms with E-state index in [4.69, 9.17) is 11.6 Å². The normalized spacial score (nSPS) is 17.8. The Morgan fingerprint density at radius 1 is 0.773 bits per heavy atom. The minimum absolute atomic E-state index is 0.208. The lowest BCUT2D eigenvalue weighted by atomic mass is 9.98. The maximum absolute atomic E-state index is 6.04. The van der Waals surface area contributed by atoms with Gasteiger partial charge in [0.15, 0.2) is 0 Å². The minimum atomic E-state index is 0.208. The summed E-state index contributed by atoms with van der Waals surface area (Å²) in [6.45, 7) is 9.17.